The van der Waals surface area contributed by atoms with Crippen molar-refractivity contribution >= 4 is 0 Å². The molecule has 1 saturated carbocycles. The number of hydrogen-bond acceptors (Lipinski definition) is 3. The van der Waals surface area contributed by atoms with Crippen molar-refractivity contribution < 1.29 is 4.74 Å². The molecule has 1 aliphatic heterocycles. The van der Waals surface area contributed by atoms with Gasteiger partial charge >= 0.3 is 0 Å². The second kappa shape index (κ2) is 9.12. The Bertz CT molecular complexity index is 270. The molecule has 0 amide bonds. The fourth-order valence-electron chi connectivity index (χ4n) is 4.17. The van der Waals surface area contributed by atoms with Crippen LogP contribution in [-0.2, 0) is 4.74 Å². The van der Waals surface area contributed by atoms with Crippen LogP contribution in [0.5, 0.6) is 0 Å². The van der Waals surface area contributed by atoms with Gasteiger partial charge in [0.15, 0.2) is 0 Å². The summed E-state index contributed by atoms with van der Waals surface area (Å²) in [5, 5.41) is 0. The van der Waals surface area contributed by atoms with Crippen LogP contribution in [0.2, 0.25) is 0 Å². The summed E-state index contributed by atoms with van der Waals surface area (Å²) < 4.78 is 5.74. The normalized spacial score (nSPS) is 30.3. The van der Waals surface area contributed by atoms with Crippen LogP contribution in [0.15, 0.2) is 0 Å². The van der Waals surface area contributed by atoms with Crippen LogP contribution in [0, 0.1) is 0 Å². The zero-order valence-electron chi connectivity index (χ0n) is 14.1. The molecule has 0 aromatic rings. The molecule has 0 bridgehead atoms. The molecule has 2 N–H and O–H groups in total. The number of morpholine rings is 1. The fourth-order valence-corrected chi connectivity index (χ4v) is 4.17. The first-order valence-corrected chi connectivity index (χ1v) is 9.33. The molecule has 2 rings (SSSR count). The second-order valence-electron chi connectivity index (χ2n) is 7.24. The van der Waals surface area contributed by atoms with Gasteiger partial charge in [-0.15, -0.1) is 0 Å². The molecule has 2 fully saturated rings. The van der Waals surface area contributed by atoms with Gasteiger partial charge in [0.2, 0.25) is 0 Å². The van der Waals surface area contributed by atoms with Crippen LogP contribution >= 0.6 is 0 Å². The van der Waals surface area contributed by atoms with Crippen molar-refractivity contribution in [2.75, 3.05) is 26.2 Å². The Morgan fingerprint density at radius 1 is 0.952 bits per heavy atom. The molecular weight excluding hydrogens is 260 g/mol. The lowest BCUT2D eigenvalue weighted by molar-refractivity contribution is -0.0666. The summed E-state index contributed by atoms with van der Waals surface area (Å²) >= 11 is 0. The van der Waals surface area contributed by atoms with E-state index < -0.39 is 0 Å². The molecule has 2 aliphatic rings. The van der Waals surface area contributed by atoms with Crippen LogP contribution in [0.25, 0.3) is 0 Å². The van der Waals surface area contributed by atoms with Gasteiger partial charge in [-0.3, -0.25) is 4.90 Å². The quantitative estimate of drug-likeness (QED) is 0.844. The highest BCUT2D eigenvalue weighted by molar-refractivity contribution is 4.93. The van der Waals surface area contributed by atoms with Crippen LogP contribution < -0.4 is 5.73 Å². The zero-order chi connectivity index (χ0) is 15.0. The third-order valence-electron chi connectivity index (χ3n) is 5.58. The largest absolute Gasteiger partial charge is 0.376 e. The van der Waals surface area contributed by atoms with Crippen molar-refractivity contribution in [2.45, 2.75) is 89.2 Å². The average molecular weight is 296 g/mol. The average Bonchev–Trinajstić information content (AvgIpc) is 2.48. The summed E-state index contributed by atoms with van der Waals surface area (Å²) in [6.07, 6.45) is 15.6. The van der Waals surface area contributed by atoms with Gasteiger partial charge < -0.3 is 10.5 Å². The number of rotatable bonds is 2. The van der Waals surface area contributed by atoms with Gasteiger partial charge in [0.05, 0.1) is 12.7 Å². The number of hydrogen-bond donors (Lipinski definition) is 1. The van der Waals surface area contributed by atoms with E-state index in [1.165, 1.54) is 70.6 Å². The smallest absolute Gasteiger partial charge is 0.0674 e. The van der Waals surface area contributed by atoms with Gasteiger partial charge in [-0.05, 0) is 19.8 Å². The number of nitrogens with zero attached hydrogens (tertiary/aromatic N) is 1. The minimum Gasteiger partial charge on any atom is -0.376 e. The van der Waals surface area contributed by atoms with Gasteiger partial charge in [-0.1, -0.05) is 57.8 Å². The van der Waals surface area contributed by atoms with Crippen molar-refractivity contribution in [1.82, 2.24) is 4.90 Å². The topological polar surface area (TPSA) is 38.5 Å². The molecule has 3 heteroatoms. The van der Waals surface area contributed by atoms with E-state index in [-0.39, 0.29) is 5.54 Å². The highest BCUT2D eigenvalue weighted by atomic mass is 16.5. The van der Waals surface area contributed by atoms with Crippen molar-refractivity contribution in [3.63, 3.8) is 0 Å². The molecule has 124 valence electrons. The molecule has 1 aliphatic carbocycles. The van der Waals surface area contributed by atoms with Crippen molar-refractivity contribution in [2.24, 2.45) is 5.73 Å². The SMILES string of the molecule is CC1CN(C2(CN)CCCCCCCCCCC2)CCO1. The first-order valence-electron chi connectivity index (χ1n) is 9.33. The zero-order valence-corrected chi connectivity index (χ0v) is 14.1. The number of ether oxygens (including phenoxy) is 1. The summed E-state index contributed by atoms with van der Waals surface area (Å²) in [7, 11) is 0. The van der Waals surface area contributed by atoms with E-state index in [9.17, 15) is 0 Å². The van der Waals surface area contributed by atoms with E-state index in [0.29, 0.717) is 6.10 Å². The molecule has 1 unspecified atom stereocenters. The first-order chi connectivity index (χ1) is 10.3. The summed E-state index contributed by atoms with van der Waals surface area (Å²) in [4.78, 5) is 2.67. The highest BCUT2D eigenvalue weighted by Gasteiger charge is 2.36. The summed E-state index contributed by atoms with van der Waals surface area (Å²) in [6.45, 7) is 6.03. The van der Waals surface area contributed by atoms with Crippen molar-refractivity contribution in [1.29, 1.82) is 0 Å². The molecule has 0 spiro atoms. The lowest BCUT2D eigenvalue weighted by atomic mass is 9.83. The highest BCUT2D eigenvalue weighted by Crippen LogP contribution is 2.31. The molecule has 0 radical (unpaired) electrons. The van der Waals surface area contributed by atoms with Crippen LogP contribution in [0.4, 0.5) is 0 Å². The minimum absolute atomic E-state index is 0.247. The molecular formula is C18H36N2O. The third-order valence-corrected chi connectivity index (χ3v) is 5.58. The monoisotopic (exact) mass is 296 g/mol. The summed E-state index contributed by atoms with van der Waals surface area (Å²) in [6, 6.07) is 0. The first kappa shape index (κ1) is 17.2. The predicted molar refractivity (Wildman–Crippen MR) is 89.6 cm³/mol. The van der Waals surface area contributed by atoms with Gasteiger partial charge in [0.1, 0.15) is 0 Å². The van der Waals surface area contributed by atoms with Gasteiger partial charge in [-0.2, -0.15) is 0 Å². The Morgan fingerprint density at radius 3 is 1.95 bits per heavy atom. The Morgan fingerprint density at radius 2 is 1.48 bits per heavy atom. The van der Waals surface area contributed by atoms with E-state index in [1.54, 1.807) is 0 Å². The summed E-state index contributed by atoms with van der Waals surface area (Å²) in [5.74, 6) is 0. The Hall–Kier alpha value is -0.120. The lowest BCUT2D eigenvalue weighted by Crippen LogP contribution is -2.59. The lowest BCUT2D eigenvalue weighted by Gasteiger charge is -2.47. The molecule has 1 atom stereocenters. The maximum atomic E-state index is 6.31. The summed E-state index contributed by atoms with van der Waals surface area (Å²) in [5.41, 5.74) is 6.56. The third kappa shape index (κ3) is 5.22. The molecule has 3 nitrogen and oxygen atoms in total. The minimum atomic E-state index is 0.247. The number of nitrogens with two attached hydrogens (primary N) is 1. The van der Waals surface area contributed by atoms with E-state index in [2.05, 4.69) is 11.8 Å². The maximum Gasteiger partial charge on any atom is 0.0674 e. The van der Waals surface area contributed by atoms with Gasteiger partial charge in [0.25, 0.3) is 0 Å². The standard InChI is InChI=1S/C18H36N2O/c1-17-15-20(13-14-21-17)18(16-19)11-9-7-5-3-2-4-6-8-10-12-18/h17H,2-16,19H2,1H3. The van der Waals surface area contributed by atoms with E-state index in [4.69, 9.17) is 10.5 Å². The van der Waals surface area contributed by atoms with Gasteiger partial charge in [-0.25, -0.2) is 0 Å². The Balaban J connectivity index is 1.99. The Kier molecular flexibility index (Phi) is 7.48. The molecule has 1 saturated heterocycles. The predicted octanol–water partition coefficient (Wildman–Crippen LogP) is 3.71. The van der Waals surface area contributed by atoms with E-state index >= 15 is 0 Å². The molecule has 0 aromatic carbocycles. The van der Waals surface area contributed by atoms with Crippen LogP contribution in [0.1, 0.15) is 77.6 Å². The Labute approximate surface area is 131 Å². The van der Waals surface area contributed by atoms with Gasteiger partial charge in [0, 0.05) is 25.2 Å². The van der Waals surface area contributed by atoms with Crippen molar-refractivity contribution in [3.05, 3.63) is 0 Å². The van der Waals surface area contributed by atoms with Crippen LogP contribution in [0.3, 0.4) is 0 Å². The van der Waals surface area contributed by atoms with E-state index in [0.717, 1.165) is 26.2 Å². The van der Waals surface area contributed by atoms with Crippen LogP contribution in [-0.4, -0.2) is 42.8 Å². The second-order valence-corrected chi connectivity index (χ2v) is 7.24. The van der Waals surface area contributed by atoms with Crippen molar-refractivity contribution in [3.8, 4) is 0 Å². The molecule has 21 heavy (non-hydrogen) atoms. The fraction of sp³-hybridized carbons (Fsp3) is 1.00. The molecule has 1 heterocycles. The van der Waals surface area contributed by atoms with E-state index in [1.807, 2.05) is 0 Å². The maximum absolute atomic E-state index is 6.31. The molecule has 0 aromatic heterocycles.